The molecule has 10 heteroatoms. The number of hydrogen-bond acceptors (Lipinski definition) is 0. The monoisotopic (exact) mass is 406 g/mol. The van der Waals surface area contributed by atoms with Crippen molar-refractivity contribution in [1.82, 2.24) is 0 Å². The molecule has 2 aromatic carbocycles. The van der Waals surface area contributed by atoms with Crippen LogP contribution in [0, 0.1) is 0 Å². The van der Waals surface area contributed by atoms with Crippen molar-refractivity contribution in [3.63, 3.8) is 0 Å². The maximum absolute atomic E-state index is 14.5. The van der Waals surface area contributed by atoms with Crippen LogP contribution in [-0.4, -0.2) is 18.3 Å². The molecule has 142 valence electrons. The van der Waals surface area contributed by atoms with Gasteiger partial charge in [-0.1, -0.05) is 48.0 Å². The molecule has 26 heavy (non-hydrogen) atoms. The summed E-state index contributed by atoms with van der Waals surface area (Å²) in [4.78, 5) is 0. The molecule has 1 atom stereocenters. The largest absolute Gasteiger partial charge is 0.457 e. The second kappa shape index (κ2) is 6.37. The Morgan fingerprint density at radius 2 is 1.23 bits per heavy atom. The zero-order valence-corrected chi connectivity index (χ0v) is 13.2. The Bertz CT molecular complexity index is 795. The average molecular weight is 407 g/mol. The minimum atomic E-state index is -6.77. The van der Waals surface area contributed by atoms with Gasteiger partial charge in [0.2, 0.25) is 0 Å². The highest BCUT2D eigenvalue weighted by Crippen LogP contribution is 2.58. The van der Waals surface area contributed by atoms with Crippen molar-refractivity contribution < 1.29 is 39.5 Å². The SMILES string of the molecule is FC(F)(F)C(F)(F)C(F)(c1cccc(-c2ccccc2Cl)c1)C(F)(F)F. The summed E-state index contributed by atoms with van der Waals surface area (Å²) in [6, 6.07) is 7.81. The Kier molecular flexibility index (Phi) is 5.00. The summed E-state index contributed by atoms with van der Waals surface area (Å²) in [5.41, 5.74) is -8.08. The van der Waals surface area contributed by atoms with Gasteiger partial charge in [0.1, 0.15) is 0 Å². The van der Waals surface area contributed by atoms with E-state index in [0.29, 0.717) is 0 Å². The van der Waals surface area contributed by atoms with Crippen LogP contribution < -0.4 is 0 Å². The maximum atomic E-state index is 14.5. The van der Waals surface area contributed by atoms with Crippen LogP contribution in [0.5, 0.6) is 0 Å². The lowest BCUT2D eigenvalue weighted by Gasteiger charge is -2.36. The van der Waals surface area contributed by atoms with E-state index >= 15 is 0 Å². The van der Waals surface area contributed by atoms with Crippen LogP contribution in [0.3, 0.4) is 0 Å². The van der Waals surface area contributed by atoms with Crippen LogP contribution in [0.4, 0.5) is 39.5 Å². The van der Waals surface area contributed by atoms with Gasteiger partial charge in [0.05, 0.1) is 0 Å². The minimum Gasteiger partial charge on any atom is -0.221 e. The first-order valence-corrected chi connectivity index (χ1v) is 7.17. The Labute approximate surface area is 146 Å². The van der Waals surface area contributed by atoms with E-state index in [4.69, 9.17) is 11.6 Å². The third-order valence-electron chi connectivity index (χ3n) is 3.62. The van der Waals surface area contributed by atoms with Gasteiger partial charge >= 0.3 is 23.9 Å². The van der Waals surface area contributed by atoms with Crippen LogP contribution >= 0.6 is 11.6 Å². The smallest absolute Gasteiger partial charge is 0.221 e. The van der Waals surface area contributed by atoms with Crippen LogP contribution in [0.25, 0.3) is 11.1 Å². The fraction of sp³-hybridized carbons (Fsp3) is 0.250. The molecule has 0 saturated carbocycles. The van der Waals surface area contributed by atoms with Crippen molar-refractivity contribution in [2.24, 2.45) is 0 Å². The van der Waals surface area contributed by atoms with Gasteiger partial charge in [-0.3, -0.25) is 0 Å². The van der Waals surface area contributed by atoms with Gasteiger partial charge in [-0.15, -0.1) is 0 Å². The van der Waals surface area contributed by atoms with Crippen molar-refractivity contribution in [2.45, 2.75) is 23.9 Å². The third kappa shape index (κ3) is 3.13. The molecular weight excluding hydrogens is 399 g/mol. The fourth-order valence-corrected chi connectivity index (χ4v) is 2.56. The molecule has 0 heterocycles. The molecule has 0 saturated heterocycles. The zero-order chi connectivity index (χ0) is 20.0. The number of hydrogen-bond donors (Lipinski definition) is 0. The van der Waals surface area contributed by atoms with E-state index in [-0.39, 0.29) is 28.3 Å². The fourth-order valence-electron chi connectivity index (χ4n) is 2.31. The van der Waals surface area contributed by atoms with E-state index < -0.39 is 29.5 Å². The van der Waals surface area contributed by atoms with Crippen LogP contribution in [0.1, 0.15) is 5.56 Å². The molecule has 0 bridgehead atoms. The van der Waals surface area contributed by atoms with Crippen LogP contribution in [-0.2, 0) is 5.67 Å². The van der Waals surface area contributed by atoms with Crippen molar-refractivity contribution >= 4 is 11.6 Å². The van der Waals surface area contributed by atoms with Gasteiger partial charge < -0.3 is 0 Å². The van der Waals surface area contributed by atoms with Gasteiger partial charge in [-0.2, -0.15) is 35.1 Å². The number of alkyl halides is 9. The lowest BCUT2D eigenvalue weighted by molar-refractivity contribution is -0.389. The van der Waals surface area contributed by atoms with E-state index in [9.17, 15) is 39.5 Å². The van der Waals surface area contributed by atoms with Crippen molar-refractivity contribution in [3.8, 4) is 11.1 Å². The van der Waals surface area contributed by atoms with Gasteiger partial charge in [0, 0.05) is 16.1 Å². The summed E-state index contributed by atoms with van der Waals surface area (Å²) in [6.45, 7) is 0. The molecular formula is C16H8ClF9. The predicted molar refractivity (Wildman–Crippen MR) is 76.7 cm³/mol. The summed E-state index contributed by atoms with van der Waals surface area (Å²) in [5.74, 6) is -6.71. The molecule has 0 spiro atoms. The van der Waals surface area contributed by atoms with Gasteiger partial charge in [-0.25, -0.2) is 4.39 Å². The second-order valence-corrected chi connectivity index (χ2v) is 5.70. The molecule has 0 nitrogen and oxygen atoms in total. The Hall–Kier alpha value is -1.90. The minimum absolute atomic E-state index is 0.0105. The van der Waals surface area contributed by atoms with Gasteiger partial charge in [0.25, 0.3) is 0 Å². The van der Waals surface area contributed by atoms with E-state index in [1.54, 1.807) is 0 Å². The first kappa shape index (κ1) is 20.4. The highest BCUT2D eigenvalue weighted by molar-refractivity contribution is 6.33. The number of rotatable bonds is 3. The summed E-state index contributed by atoms with van der Waals surface area (Å²) in [7, 11) is 0. The molecule has 0 aliphatic rings. The maximum Gasteiger partial charge on any atom is 0.457 e. The molecule has 0 radical (unpaired) electrons. The molecule has 0 aromatic heterocycles. The molecule has 0 N–H and O–H groups in total. The van der Waals surface area contributed by atoms with Gasteiger partial charge in [0.15, 0.2) is 0 Å². The van der Waals surface area contributed by atoms with Crippen molar-refractivity contribution in [2.75, 3.05) is 0 Å². The third-order valence-corrected chi connectivity index (χ3v) is 3.95. The summed E-state index contributed by atoms with van der Waals surface area (Å²) < 4.78 is 118. The normalized spacial score (nSPS) is 15.6. The van der Waals surface area contributed by atoms with E-state index in [1.807, 2.05) is 0 Å². The Morgan fingerprint density at radius 3 is 1.73 bits per heavy atom. The molecule has 0 fully saturated rings. The molecule has 0 amide bonds. The summed E-state index contributed by atoms with van der Waals surface area (Å²) >= 11 is 5.83. The lowest BCUT2D eigenvalue weighted by atomic mass is 9.86. The molecule has 0 aliphatic heterocycles. The first-order valence-electron chi connectivity index (χ1n) is 6.79. The first-order chi connectivity index (χ1) is 11.7. The summed E-state index contributed by atoms with van der Waals surface area (Å²) in [5, 5.41) is -0.0105. The summed E-state index contributed by atoms with van der Waals surface area (Å²) in [6.07, 6.45) is -13.3. The quantitative estimate of drug-likeness (QED) is 0.485. The molecule has 2 aromatic rings. The number of halogens is 10. The van der Waals surface area contributed by atoms with Crippen molar-refractivity contribution in [1.29, 1.82) is 0 Å². The highest BCUT2D eigenvalue weighted by Gasteiger charge is 2.81. The standard InChI is InChI=1S/C16H8ClF9/c17-12-7-2-1-6-11(12)9-4-3-5-10(8-9)13(18,15(21,22)23)14(19,20)16(24,25)26/h1-8H. The predicted octanol–water partition coefficient (Wildman–Crippen LogP) is 6.93. The zero-order valence-electron chi connectivity index (χ0n) is 12.4. The number of benzene rings is 2. The molecule has 2 rings (SSSR count). The van der Waals surface area contributed by atoms with E-state index in [1.165, 1.54) is 24.3 Å². The van der Waals surface area contributed by atoms with Crippen LogP contribution in [0.15, 0.2) is 48.5 Å². The van der Waals surface area contributed by atoms with Gasteiger partial charge in [-0.05, 0) is 17.7 Å². The second-order valence-electron chi connectivity index (χ2n) is 5.29. The topological polar surface area (TPSA) is 0 Å². The lowest BCUT2D eigenvalue weighted by Crippen LogP contribution is -2.59. The highest BCUT2D eigenvalue weighted by atomic mass is 35.5. The van der Waals surface area contributed by atoms with E-state index in [2.05, 4.69) is 0 Å². The van der Waals surface area contributed by atoms with Crippen LogP contribution in [0.2, 0.25) is 5.02 Å². The average Bonchev–Trinajstić information content (AvgIpc) is 2.52. The molecule has 0 aliphatic carbocycles. The van der Waals surface area contributed by atoms with E-state index in [0.717, 1.165) is 12.1 Å². The Morgan fingerprint density at radius 1 is 0.654 bits per heavy atom. The molecule has 1 unspecified atom stereocenters. The van der Waals surface area contributed by atoms with Crippen molar-refractivity contribution in [3.05, 3.63) is 59.1 Å². The Balaban J connectivity index is 2.73.